The molecule has 1 aromatic carbocycles. The smallest absolute Gasteiger partial charge is 0.269 e. The molecule has 0 bridgehead atoms. The maximum Gasteiger partial charge on any atom is 0.269 e. The van der Waals surface area contributed by atoms with Crippen LogP contribution in [0.2, 0.25) is 0 Å². The van der Waals surface area contributed by atoms with Crippen LogP contribution in [0.25, 0.3) is 0 Å². The highest BCUT2D eigenvalue weighted by Crippen LogP contribution is 2.19. The van der Waals surface area contributed by atoms with Crippen LogP contribution in [-0.2, 0) is 10.0 Å². The Hall–Kier alpha value is -2.00. The van der Waals surface area contributed by atoms with Crippen molar-refractivity contribution in [2.45, 2.75) is 4.90 Å². The van der Waals surface area contributed by atoms with E-state index in [1.54, 1.807) is 12.1 Å². The van der Waals surface area contributed by atoms with Gasteiger partial charge in [-0.2, -0.15) is 0 Å². The number of benzene rings is 1. The van der Waals surface area contributed by atoms with Crippen LogP contribution in [0.4, 0.5) is 11.4 Å². The number of nitro groups is 1. The molecule has 9 heteroatoms. The highest BCUT2D eigenvalue weighted by atomic mass is 79.9. The number of pyridine rings is 1. The number of halogens is 1. The van der Waals surface area contributed by atoms with E-state index in [2.05, 4.69) is 25.6 Å². The molecule has 0 unspecified atom stereocenters. The molecular weight excluding hydrogens is 350 g/mol. The average molecular weight is 358 g/mol. The molecular formula is C11H8BrN3O4S. The van der Waals surface area contributed by atoms with Crippen molar-refractivity contribution in [1.29, 1.82) is 0 Å². The molecule has 0 aliphatic rings. The lowest BCUT2D eigenvalue weighted by molar-refractivity contribution is -0.384. The third kappa shape index (κ3) is 3.31. The molecule has 0 fully saturated rings. The Morgan fingerprint density at radius 3 is 2.30 bits per heavy atom. The lowest BCUT2D eigenvalue weighted by Crippen LogP contribution is -2.13. The fraction of sp³-hybridized carbons (Fsp3) is 0. The molecule has 0 atom stereocenters. The van der Waals surface area contributed by atoms with Crippen LogP contribution in [0.3, 0.4) is 0 Å². The van der Waals surface area contributed by atoms with Gasteiger partial charge in [0.05, 0.1) is 21.7 Å². The van der Waals surface area contributed by atoms with Crippen LogP contribution in [0, 0.1) is 10.1 Å². The lowest BCUT2D eigenvalue weighted by Gasteiger charge is -2.07. The van der Waals surface area contributed by atoms with Gasteiger partial charge in [0.1, 0.15) is 4.60 Å². The first kappa shape index (κ1) is 14.4. The molecule has 7 nitrogen and oxygen atoms in total. The zero-order valence-electron chi connectivity index (χ0n) is 9.86. The zero-order chi connectivity index (χ0) is 14.8. The van der Waals surface area contributed by atoms with Crippen molar-refractivity contribution < 1.29 is 13.3 Å². The minimum absolute atomic E-state index is 0.0639. The van der Waals surface area contributed by atoms with Gasteiger partial charge in [0.15, 0.2) is 0 Å². The van der Waals surface area contributed by atoms with Crippen LogP contribution < -0.4 is 4.72 Å². The number of aromatic nitrogens is 1. The summed E-state index contributed by atoms with van der Waals surface area (Å²) in [6.45, 7) is 0. The van der Waals surface area contributed by atoms with E-state index in [0.717, 1.165) is 12.1 Å². The first-order chi connectivity index (χ1) is 9.38. The third-order valence-electron chi connectivity index (χ3n) is 2.34. The molecule has 2 aromatic rings. The predicted molar refractivity (Wildman–Crippen MR) is 75.8 cm³/mol. The molecule has 1 aromatic heterocycles. The summed E-state index contributed by atoms with van der Waals surface area (Å²) < 4.78 is 27.0. The van der Waals surface area contributed by atoms with Gasteiger partial charge in [-0.3, -0.25) is 14.8 Å². The standard InChI is InChI=1S/C11H8BrN3O4S/c12-11-6-1-8(7-13-11)14-20(18,19)10-4-2-9(3-5-10)15(16)17/h1-7,14H. The largest absolute Gasteiger partial charge is 0.278 e. The van der Waals surface area contributed by atoms with Gasteiger partial charge in [-0.05, 0) is 40.2 Å². The summed E-state index contributed by atoms with van der Waals surface area (Å²) >= 11 is 3.14. The van der Waals surface area contributed by atoms with Crippen LogP contribution in [0.5, 0.6) is 0 Å². The van der Waals surface area contributed by atoms with Crippen LogP contribution in [-0.4, -0.2) is 18.3 Å². The Bertz CT molecular complexity index is 729. The lowest BCUT2D eigenvalue weighted by atomic mass is 10.3. The van der Waals surface area contributed by atoms with Crippen molar-refractivity contribution in [3.8, 4) is 0 Å². The Morgan fingerprint density at radius 2 is 1.80 bits per heavy atom. The third-order valence-corrected chi connectivity index (χ3v) is 4.20. The Balaban J connectivity index is 2.26. The summed E-state index contributed by atoms with van der Waals surface area (Å²) in [5, 5.41) is 10.5. The quantitative estimate of drug-likeness (QED) is 0.514. The van der Waals surface area contributed by atoms with E-state index >= 15 is 0 Å². The number of nitrogens with one attached hydrogen (secondary N) is 1. The molecule has 0 radical (unpaired) electrons. The summed E-state index contributed by atoms with van der Waals surface area (Å²) in [4.78, 5) is 13.7. The van der Waals surface area contributed by atoms with Gasteiger partial charge in [-0.1, -0.05) is 0 Å². The minimum atomic E-state index is -3.80. The number of sulfonamides is 1. The fourth-order valence-electron chi connectivity index (χ4n) is 1.40. The van der Waals surface area contributed by atoms with Crippen molar-refractivity contribution >= 4 is 37.3 Å². The molecule has 0 amide bonds. The maximum absolute atomic E-state index is 12.0. The number of rotatable bonds is 4. The van der Waals surface area contributed by atoms with E-state index in [9.17, 15) is 18.5 Å². The van der Waals surface area contributed by atoms with Crippen molar-refractivity contribution in [2.75, 3.05) is 4.72 Å². The van der Waals surface area contributed by atoms with Gasteiger partial charge < -0.3 is 0 Å². The monoisotopic (exact) mass is 357 g/mol. The number of nitrogens with zero attached hydrogens (tertiary/aromatic N) is 2. The van der Waals surface area contributed by atoms with Crippen LogP contribution in [0.15, 0.2) is 52.1 Å². The maximum atomic E-state index is 12.0. The second-order valence-corrected chi connectivity index (χ2v) is 6.22. The molecule has 0 aliphatic heterocycles. The number of non-ortho nitro benzene ring substituents is 1. The predicted octanol–water partition coefficient (Wildman–Crippen LogP) is 2.55. The van der Waals surface area contributed by atoms with Crippen molar-refractivity contribution in [3.05, 3.63) is 57.3 Å². The van der Waals surface area contributed by atoms with E-state index in [1.807, 2.05) is 0 Å². The SMILES string of the molecule is O=[N+]([O-])c1ccc(S(=O)(=O)Nc2ccc(Br)nc2)cc1. The highest BCUT2D eigenvalue weighted by Gasteiger charge is 2.16. The molecule has 0 saturated heterocycles. The summed E-state index contributed by atoms with van der Waals surface area (Å²) in [7, 11) is -3.80. The van der Waals surface area contributed by atoms with Crippen LogP contribution >= 0.6 is 15.9 Å². The average Bonchev–Trinajstić information content (AvgIpc) is 2.41. The summed E-state index contributed by atoms with van der Waals surface area (Å²) in [6.07, 6.45) is 1.35. The molecule has 0 saturated carbocycles. The van der Waals surface area contributed by atoms with Crippen LogP contribution in [0.1, 0.15) is 0 Å². The topological polar surface area (TPSA) is 102 Å². The molecule has 104 valence electrons. The normalized spacial score (nSPS) is 11.1. The highest BCUT2D eigenvalue weighted by molar-refractivity contribution is 9.10. The molecule has 0 spiro atoms. The van der Waals surface area contributed by atoms with E-state index in [-0.39, 0.29) is 10.6 Å². The Kier molecular flexibility index (Phi) is 4.00. The minimum Gasteiger partial charge on any atom is -0.278 e. The number of anilines is 1. The van der Waals surface area contributed by atoms with E-state index in [0.29, 0.717) is 10.3 Å². The summed E-state index contributed by atoms with van der Waals surface area (Å²) in [6, 6.07) is 7.75. The van der Waals surface area contributed by atoms with E-state index < -0.39 is 14.9 Å². The van der Waals surface area contributed by atoms with Gasteiger partial charge in [0.2, 0.25) is 0 Å². The van der Waals surface area contributed by atoms with Gasteiger partial charge >= 0.3 is 0 Å². The van der Waals surface area contributed by atoms with E-state index in [1.165, 1.54) is 18.3 Å². The first-order valence-electron chi connectivity index (χ1n) is 5.27. The molecule has 1 heterocycles. The second kappa shape index (κ2) is 5.55. The van der Waals surface area contributed by atoms with Gasteiger partial charge in [0.25, 0.3) is 15.7 Å². The van der Waals surface area contributed by atoms with Gasteiger partial charge in [-0.15, -0.1) is 0 Å². The number of hydrogen-bond acceptors (Lipinski definition) is 5. The van der Waals surface area contributed by atoms with E-state index in [4.69, 9.17) is 0 Å². The second-order valence-electron chi connectivity index (χ2n) is 3.73. The van der Waals surface area contributed by atoms with Crippen molar-refractivity contribution in [1.82, 2.24) is 4.98 Å². The Labute approximate surface area is 123 Å². The summed E-state index contributed by atoms with van der Waals surface area (Å²) in [5.41, 5.74) is 0.126. The molecule has 0 aliphatic carbocycles. The molecule has 1 N–H and O–H groups in total. The van der Waals surface area contributed by atoms with Gasteiger partial charge in [0, 0.05) is 12.1 Å². The molecule has 2 rings (SSSR count). The van der Waals surface area contributed by atoms with Crippen molar-refractivity contribution in [2.24, 2.45) is 0 Å². The van der Waals surface area contributed by atoms with Crippen molar-refractivity contribution in [3.63, 3.8) is 0 Å². The first-order valence-corrected chi connectivity index (χ1v) is 7.55. The molecule has 20 heavy (non-hydrogen) atoms. The zero-order valence-corrected chi connectivity index (χ0v) is 12.3. The van der Waals surface area contributed by atoms with Gasteiger partial charge in [-0.25, -0.2) is 13.4 Å². The number of nitro benzene ring substituents is 1. The number of hydrogen-bond donors (Lipinski definition) is 1. The fourth-order valence-corrected chi connectivity index (χ4v) is 2.68. The Morgan fingerprint density at radius 1 is 1.15 bits per heavy atom. The summed E-state index contributed by atoms with van der Waals surface area (Å²) in [5.74, 6) is 0.